The lowest BCUT2D eigenvalue weighted by molar-refractivity contribution is -0.0734. The van der Waals surface area contributed by atoms with Crippen LogP contribution in [0.15, 0.2) is 23.8 Å². The van der Waals surface area contributed by atoms with E-state index in [0.717, 1.165) is 6.61 Å². The molecule has 2 heteroatoms. The predicted octanol–water partition coefficient (Wildman–Crippen LogP) is 2.56. The molecular weight excluding hydrogens is 188 g/mol. The molecule has 3 atom stereocenters. The molecule has 0 aromatic carbocycles. The molecule has 0 amide bonds. The zero-order valence-corrected chi connectivity index (χ0v) is 9.99. The van der Waals surface area contributed by atoms with Gasteiger partial charge in [0.05, 0.1) is 18.3 Å². The number of hydrogen-bond donors (Lipinski definition) is 0. The molecule has 0 aromatic rings. The summed E-state index contributed by atoms with van der Waals surface area (Å²) in [6, 6.07) is 0. The van der Waals surface area contributed by atoms with Crippen LogP contribution < -0.4 is 0 Å². The quantitative estimate of drug-likeness (QED) is 0.664. The first-order valence-electron chi connectivity index (χ1n) is 5.57. The monoisotopic (exact) mass is 208 g/mol. The Labute approximate surface area is 92.0 Å². The van der Waals surface area contributed by atoms with Crippen molar-refractivity contribution in [2.45, 2.75) is 32.5 Å². The normalized spacial score (nSPS) is 33.6. The molecule has 0 unspecified atom stereocenters. The fraction of sp³-hybridized carbons (Fsp3) is 0.692. The lowest BCUT2D eigenvalue weighted by Gasteiger charge is -2.28. The molecule has 0 spiro atoms. The SMILES string of the molecule is COCC1=C[C@H]2C=C[C@@H]1[C@H]2OC(C)(C)C. The predicted molar refractivity (Wildman–Crippen MR) is 60.7 cm³/mol. The van der Waals surface area contributed by atoms with Crippen molar-refractivity contribution in [2.75, 3.05) is 13.7 Å². The Bertz CT molecular complexity index is 296. The maximum Gasteiger partial charge on any atom is 0.0780 e. The van der Waals surface area contributed by atoms with Crippen LogP contribution in [0.3, 0.4) is 0 Å². The van der Waals surface area contributed by atoms with E-state index in [0.29, 0.717) is 17.9 Å². The number of methoxy groups -OCH3 is 1. The van der Waals surface area contributed by atoms with Crippen molar-refractivity contribution >= 4 is 0 Å². The minimum absolute atomic E-state index is 0.0659. The van der Waals surface area contributed by atoms with Crippen molar-refractivity contribution < 1.29 is 9.47 Å². The first kappa shape index (κ1) is 10.9. The lowest BCUT2D eigenvalue weighted by atomic mass is 10.0. The molecule has 0 radical (unpaired) electrons. The third kappa shape index (κ3) is 2.16. The van der Waals surface area contributed by atoms with E-state index in [9.17, 15) is 0 Å². The van der Waals surface area contributed by atoms with Crippen LogP contribution in [0.25, 0.3) is 0 Å². The molecule has 2 nitrogen and oxygen atoms in total. The smallest absolute Gasteiger partial charge is 0.0780 e. The average Bonchev–Trinajstić information content (AvgIpc) is 2.60. The summed E-state index contributed by atoms with van der Waals surface area (Å²) in [7, 11) is 1.75. The van der Waals surface area contributed by atoms with Crippen LogP contribution >= 0.6 is 0 Å². The van der Waals surface area contributed by atoms with Crippen molar-refractivity contribution in [1.82, 2.24) is 0 Å². The fourth-order valence-corrected chi connectivity index (χ4v) is 2.42. The van der Waals surface area contributed by atoms with E-state index < -0.39 is 0 Å². The second kappa shape index (κ2) is 3.76. The van der Waals surface area contributed by atoms with E-state index in [2.05, 4.69) is 39.0 Å². The van der Waals surface area contributed by atoms with Crippen LogP contribution in [-0.2, 0) is 9.47 Å². The van der Waals surface area contributed by atoms with Crippen LogP contribution in [0.5, 0.6) is 0 Å². The molecule has 0 saturated carbocycles. The number of fused-ring (bicyclic) bond motifs is 2. The van der Waals surface area contributed by atoms with Crippen LogP contribution in [0.2, 0.25) is 0 Å². The van der Waals surface area contributed by atoms with E-state index in [4.69, 9.17) is 9.47 Å². The van der Waals surface area contributed by atoms with Gasteiger partial charge in [-0.3, -0.25) is 0 Å². The summed E-state index contributed by atoms with van der Waals surface area (Å²) in [4.78, 5) is 0. The molecule has 0 aliphatic heterocycles. The summed E-state index contributed by atoms with van der Waals surface area (Å²) in [6.07, 6.45) is 7.11. The Kier molecular flexibility index (Phi) is 2.73. The van der Waals surface area contributed by atoms with Gasteiger partial charge in [0.15, 0.2) is 0 Å². The Morgan fingerprint density at radius 1 is 1.27 bits per heavy atom. The van der Waals surface area contributed by atoms with Crippen molar-refractivity contribution in [3.8, 4) is 0 Å². The minimum atomic E-state index is -0.0659. The Hall–Kier alpha value is -0.600. The molecule has 0 fully saturated rings. The summed E-state index contributed by atoms with van der Waals surface area (Å²) < 4.78 is 11.3. The molecule has 2 bridgehead atoms. The van der Waals surface area contributed by atoms with E-state index >= 15 is 0 Å². The van der Waals surface area contributed by atoms with Crippen LogP contribution in [0.4, 0.5) is 0 Å². The van der Waals surface area contributed by atoms with Gasteiger partial charge >= 0.3 is 0 Å². The number of ether oxygens (including phenoxy) is 2. The zero-order chi connectivity index (χ0) is 11.1. The molecule has 2 aliphatic rings. The maximum atomic E-state index is 6.09. The summed E-state index contributed by atoms with van der Waals surface area (Å²) in [5.74, 6) is 0.897. The van der Waals surface area contributed by atoms with Gasteiger partial charge in [0.2, 0.25) is 0 Å². The van der Waals surface area contributed by atoms with Gasteiger partial charge in [0.1, 0.15) is 0 Å². The number of hydrogen-bond acceptors (Lipinski definition) is 2. The first-order valence-corrected chi connectivity index (χ1v) is 5.57. The average molecular weight is 208 g/mol. The Morgan fingerprint density at radius 2 is 2.00 bits per heavy atom. The van der Waals surface area contributed by atoms with Gasteiger partial charge in [-0.05, 0) is 26.3 Å². The number of rotatable bonds is 3. The molecule has 15 heavy (non-hydrogen) atoms. The van der Waals surface area contributed by atoms with Crippen molar-refractivity contribution in [2.24, 2.45) is 11.8 Å². The standard InChI is InChI=1S/C13H20O2/c1-13(2,3)15-12-9-5-6-11(12)10(7-9)8-14-4/h5-7,9,11-12H,8H2,1-4H3/t9-,11+,12+/m1/s1. The molecule has 0 N–H and O–H groups in total. The van der Waals surface area contributed by atoms with Gasteiger partial charge < -0.3 is 9.47 Å². The van der Waals surface area contributed by atoms with E-state index in [1.54, 1.807) is 7.11 Å². The third-order valence-electron chi connectivity index (χ3n) is 2.91. The van der Waals surface area contributed by atoms with Crippen LogP contribution in [0, 0.1) is 11.8 Å². The molecular formula is C13H20O2. The highest BCUT2D eigenvalue weighted by molar-refractivity contribution is 5.34. The highest BCUT2D eigenvalue weighted by atomic mass is 16.5. The van der Waals surface area contributed by atoms with Crippen molar-refractivity contribution in [1.29, 1.82) is 0 Å². The Balaban J connectivity index is 2.03. The molecule has 0 saturated heterocycles. The van der Waals surface area contributed by atoms with Gasteiger partial charge in [0, 0.05) is 18.9 Å². The van der Waals surface area contributed by atoms with Crippen molar-refractivity contribution in [3.63, 3.8) is 0 Å². The zero-order valence-electron chi connectivity index (χ0n) is 9.99. The highest BCUT2D eigenvalue weighted by Gasteiger charge is 2.41. The lowest BCUT2D eigenvalue weighted by Crippen LogP contribution is -2.31. The van der Waals surface area contributed by atoms with Crippen LogP contribution in [-0.4, -0.2) is 25.4 Å². The highest BCUT2D eigenvalue weighted by Crippen LogP contribution is 2.42. The largest absolute Gasteiger partial charge is 0.380 e. The summed E-state index contributed by atoms with van der Waals surface area (Å²) in [6.45, 7) is 7.07. The van der Waals surface area contributed by atoms with Crippen LogP contribution in [0.1, 0.15) is 20.8 Å². The first-order chi connectivity index (χ1) is 7.01. The topological polar surface area (TPSA) is 18.5 Å². The van der Waals surface area contributed by atoms with E-state index in [1.165, 1.54) is 5.57 Å². The molecule has 2 rings (SSSR count). The Morgan fingerprint density at radius 3 is 2.60 bits per heavy atom. The van der Waals surface area contributed by atoms with Gasteiger partial charge in [-0.25, -0.2) is 0 Å². The summed E-state index contributed by atoms with van der Waals surface area (Å²) in [5, 5.41) is 0. The molecule has 84 valence electrons. The molecule has 2 aliphatic carbocycles. The summed E-state index contributed by atoms with van der Waals surface area (Å²) >= 11 is 0. The fourth-order valence-electron chi connectivity index (χ4n) is 2.42. The van der Waals surface area contributed by atoms with E-state index in [1.807, 2.05) is 0 Å². The maximum absolute atomic E-state index is 6.09. The van der Waals surface area contributed by atoms with Crippen molar-refractivity contribution in [3.05, 3.63) is 23.8 Å². The second-order valence-electron chi connectivity index (χ2n) is 5.36. The summed E-state index contributed by atoms with van der Waals surface area (Å²) in [5.41, 5.74) is 1.31. The third-order valence-corrected chi connectivity index (χ3v) is 2.91. The molecule has 0 aromatic heterocycles. The van der Waals surface area contributed by atoms with E-state index in [-0.39, 0.29) is 5.60 Å². The van der Waals surface area contributed by atoms with Gasteiger partial charge in [-0.2, -0.15) is 0 Å². The van der Waals surface area contributed by atoms with Gasteiger partial charge in [-0.15, -0.1) is 0 Å². The minimum Gasteiger partial charge on any atom is -0.380 e. The second-order valence-corrected chi connectivity index (χ2v) is 5.36. The van der Waals surface area contributed by atoms with Gasteiger partial charge in [-0.1, -0.05) is 18.2 Å². The van der Waals surface area contributed by atoms with Gasteiger partial charge in [0.25, 0.3) is 0 Å². The molecule has 0 heterocycles.